The molecule has 0 fully saturated rings. The van der Waals surface area contributed by atoms with Gasteiger partial charge in [-0.1, -0.05) is 37.3 Å². The van der Waals surface area contributed by atoms with Gasteiger partial charge in [-0.2, -0.15) is 0 Å². The van der Waals surface area contributed by atoms with Crippen LogP contribution in [0.4, 0.5) is 0 Å². The molecule has 1 rings (SSSR count). The van der Waals surface area contributed by atoms with Gasteiger partial charge in [0, 0.05) is 12.0 Å². The molecule has 0 aromatic heterocycles. The van der Waals surface area contributed by atoms with Crippen LogP contribution in [0.15, 0.2) is 30.3 Å². The average Bonchev–Trinajstić information content (AvgIpc) is 2.29. The minimum atomic E-state index is -1.02. The van der Waals surface area contributed by atoms with E-state index < -0.39 is 12.0 Å². The van der Waals surface area contributed by atoms with E-state index in [2.05, 4.69) is 0 Å². The maximum absolute atomic E-state index is 11.8. The van der Waals surface area contributed by atoms with E-state index in [0.717, 1.165) is 0 Å². The van der Waals surface area contributed by atoms with Crippen molar-refractivity contribution < 1.29 is 14.7 Å². The van der Waals surface area contributed by atoms with Crippen molar-refractivity contribution in [3.63, 3.8) is 0 Å². The van der Waals surface area contributed by atoms with E-state index in [4.69, 9.17) is 10.8 Å². The Morgan fingerprint density at radius 3 is 2.41 bits per heavy atom. The molecule has 0 saturated carbocycles. The van der Waals surface area contributed by atoms with E-state index in [9.17, 15) is 9.59 Å². The van der Waals surface area contributed by atoms with Crippen molar-refractivity contribution in [1.29, 1.82) is 0 Å². The van der Waals surface area contributed by atoms with Crippen molar-refractivity contribution in [1.82, 2.24) is 0 Å². The number of rotatable bonds is 6. The van der Waals surface area contributed by atoms with Crippen LogP contribution in [0.2, 0.25) is 0 Å². The first kappa shape index (κ1) is 13.4. The van der Waals surface area contributed by atoms with Gasteiger partial charge in [-0.3, -0.25) is 9.59 Å². The van der Waals surface area contributed by atoms with Crippen molar-refractivity contribution >= 4 is 11.8 Å². The number of carbonyl (C=O) groups is 2. The molecule has 2 atom stereocenters. The van der Waals surface area contributed by atoms with Crippen LogP contribution in [-0.4, -0.2) is 22.9 Å². The summed E-state index contributed by atoms with van der Waals surface area (Å²) in [5.74, 6) is -1.03. The molecule has 1 aromatic rings. The molecule has 1 aromatic carbocycles. The Balaban J connectivity index is 2.49. The summed E-state index contributed by atoms with van der Waals surface area (Å²) in [5.41, 5.74) is 6.08. The second kappa shape index (κ2) is 6.15. The zero-order valence-electron chi connectivity index (χ0n) is 9.80. The molecular formula is C13H17NO3. The molecule has 0 aliphatic carbocycles. The molecule has 0 amide bonds. The van der Waals surface area contributed by atoms with Crippen molar-refractivity contribution in [3.05, 3.63) is 35.9 Å². The molecule has 0 spiro atoms. The molecular weight excluding hydrogens is 218 g/mol. The topological polar surface area (TPSA) is 80.4 Å². The maximum Gasteiger partial charge on any atom is 0.320 e. The van der Waals surface area contributed by atoms with Crippen molar-refractivity contribution in [2.75, 3.05) is 0 Å². The van der Waals surface area contributed by atoms with Gasteiger partial charge in [-0.05, 0) is 12.3 Å². The first-order chi connectivity index (χ1) is 8.00. The van der Waals surface area contributed by atoms with Crippen LogP contribution < -0.4 is 5.73 Å². The molecule has 1 unspecified atom stereocenters. The first-order valence-corrected chi connectivity index (χ1v) is 5.57. The van der Waals surface area contributed by atoms with Crippen molar-refractivity contribution in [2.24, 2.45) is 11.7 Å². The lowest BCUT2D eigenvalue weighted by Crippen LogP contribution is -2.32. The lowest BCUT2D eigenvalue weighted by atomic mass is 9.94. The first-order valence-electron chi connectivity index (χ1n) is 5.57. The highest BCUT2D eigenvalue weighted by molar-refractivity contribution is 5.96. The Labute approximate surface area is 100 Å². The van der Waals surface area contributed by atoms with E-state index in [-0.39, 0.29) is 11.7 Å². The smallest absolute Gasteiger partial charge is 0.320 e. The number of benzene rings is 1. The number of aliphatic carboxylic acids is 1. The van der Waals surface area contributed by atoms with Gasteiger partial charge >= 0.3 is 5.97 Å². The molecule has 92 valence electrons. The molecule has 0 aliphatic heterocycles. The highest BCUT2D eigenvalue weighted by atomic mass is 16.4. The monoisotopic (exact) mass is 235 g/mol. The van der Waals surface area contributed by atoms with Gasteiger partial charge in [0.05, 0.1) is 0 Å². The molecule has 4 nitrogen and oxygen atoms in total. The summed E-state index contributed by atoms with van der Waals surface area (Å²) in [7, 11) is 0. The SMILES string of the molecule is CC(CC(=O)c1ccccc1)C[C@H](N)C(=O)O. The Morgan fingerprint density at radius 2 is 1.88 bits per heavy atom. The zero-order chi connectivity index (χ0) is 12.8. The Morgan fingerprint density at radius 1 is 1.29 bits per heavy atom. The molecule has 4 heteroatoms. The second-order valence-electron chi connectivity index (χ2n) is 4.28. The third-order valence-corrected chi connectivity index (χ3v) is 2.60. The molecule has 0 aliphatic rings. The lowest BCUT2D eigenvalue weighted by molar-refractivity contribution is -0.138. The summed E-state index contributed by atoms with van der Waals surface area (Å²) >= 11 is 0. The number of Topliss-reactive ketones (excluding diaryl/α,β-unsaturated/α-hetero) is 1. The predicted molar refractivity (Wildman–Crippen MR) is 64.8 cm³/mol. The van der Waals surface area contributed by atoms with Gasteiger partial charge in [0.2, 0.25) is 0 Å². The summed E-state index contributed by atoms with van der Waals surface area (Å²) in [6.07, 6.45) is 0.638. The summed E-state index contributed by atoms with van der Waals surface area (Å²) in [6.45, 7) is 1.84. The van der Waals surface area contributed by atoms with Gasteiger partial charge in [-0.15, -0.1) is 0 Å². The summed E-state index contributed by atoms with van der Waals surface area (Å²) in [6, 6.07) is 8.08. The van der Waals surface area contributed by atoms with Crippen LogP contribution in [0.3, 0.4) is 0 Å². The maximum atomic E-state index is 11.8. The van der Waals surface area contributed by atoms with Gasteiger partial charge < -0.3 is 10.8 Å². The van der Waals surface area contributed by atoms with E-state index in [0.29, 0.717) is 18.4 Å². The van der Waals surface area contributed by atoms with Gasteiger partial charge in [-0.25, -0.2) is 0 Å². The number of nitrogens with two attached hydrogens (primary N) is 1. The molecule has 0 bridgehead atoms. The Hall–Kier alpha value is -1.68. The normalized spacial score (nSPS) is 14.0. The number of ketones is 1. The summed E-state index contributed by atoms with van der Waals surface area (Å²) in [5, 5.41) is 8.67. The van der Waals surface area contributed by atoms with Crippen molar-refractivity contribution in [2.45, 2.75) is 25.8 Å². The van der Waals surface area contributed by atoms with Gasteiger partial charge in [0.25, 0.3) is 0 Å². The zero-order valence-corrected chi connectivity index (χ0v) is 9.80. The predicted octanol–water partition coefficient (Wildman–Crippen LogP) is 1.70. The quantitative estimate of drug-likeness (QED) is 0.735. The lowest BCUT2D eigenvalue weighted by Gasteiger charge is -2.13. The van der Waals surface area contributed by atoms with E-state index in [1.807, 2.05) is 13.0 Å². The molecule has 0 radical (unpaired) electrons. The van der Waals surface area contributed by atoms with Crippen LogP contribution in [0.5, 0.6) is 0 Å². The fourth-order valence-corrected chi connectivity index (χ4v) is 1.68. The van der Waals surface area contributed by atoms with Crippen LogP contribution in [-0.2, 0) is 4.79 Å². The third-order valence-electron chi connectivity index (χ3n) is 2.60. The molecule has 0 heterocycles. The fourth-order valence-electron chi connectivity index (χ4n) is 1.68. The Kier molecular flexibility index (Phi) is 4.84. The standard InChI is InChI=1S/C13H17NO3/c1-9(7-11(14)13(16)17)8-12(15)10-5-3-2-4-6-10/h2-6,9,11H,7-8,14H2,1H3,(H,16,17)/t9?,11-/m0/s1. The molecule has 0 saturated heterocycles. The average molecular weight is 235 g/mol. The highest BCUT2D eigenvalue weighted by Crippen LogP contribution is 2.14. The number of hydrogen-bond donors (Lipinski definition) is 2. The Bertz CT molecular complexity index is 389. The van der Waals surface area contributed by atoms with Gasteiger partial charge in [0.15, 0.2) is 5.78 Å². The minimum Gasteiger partial charge on any atom is -0.480 e. The molecule has 3 N–H and O–H groups in total. The van der Waals surface area contributed by atoms with Gasteiger partial charge in [0.1, 0.15) is 6.04 Å². The second-order valence-corrected chi connectivity index (χ2v) is 4.28. The van der Waals surface area contributed by atoms with Crippen LogP contribution in [0, 0.1) is 5.92 Å². The minimum absolute atomic E-state index is 0.0238. The summed E-state index contributed by atoms with van der Waals surface area (Å²) < 4.78 is 0. The number of carboxylic acid groups (broad SMARTS) is 1. The highest BCUT2D eigenvalue weighted by Gasteiger charge is 2.18. The third kappa shape index (κ3) is 4.36. The fraction of sp³-hybridized carbons (Fsp3) is 0.385. The van der Waals surface area contributed by atoms with E-state index in [1.54, 1.807) is 24.3 Å². The number of hydrogen-bond acceptors (Lipinski definition) is 3. The summed E-state index contributed by atoms with van der Waals surface area (Å²) in [4.78, 5) is 22.4. The van der Waals surface area contributed by atoms with Crippen LogP contribution in [0.25, 0.3) is 0 Å². The van der Waals surface area contributed by atoms with E-state index in [1.165, 1.54) is 0 Å². The number of carboxylic acids is 1. The molecule has 17 heavy (non-hydrogen) atoms. The number of carbonyl (C=O) groups excluding carboxylic acids is 1. The largest absolute Gasteiger partial charge is 0.480 e. The van der Waals surface area contributed by atoms with Crippen LogP contribution >= 0.6 is 0 Å². The van der Waals surface area contributed by atoms with Crippen LogP contribution in [0.1, 0.15) is 30.1 Å². The van der Waals surface area contributed by atoms with Crippen molar-refractivity contribution in [3.8, 4) is 0 Å². The van der Waals surface area contributed by atoms with E-state index >= 15 is 0 Å².